The lowest BCUT2D eigenvalue weighted by atomic mass is 10.0. The highest BCUT2D eigenvalue weighted by molar-refractivity contribution is 5.89. The van der Waals surface area contributed by atoms with Crippen LogP contribution in [0.5, 0.6) is 0 Å². The minimum absolute atomic E-state index is 0.442. The second-order valence-electron chi connectivity index (χ2n) is 3.44. The summed E-state index contributed by atoms with van der Waals surface area (Å²) >= 11 is 0. The van der Waals surface area contributed by atoms with Crippen molar-refractivity contribution in [3.05, 3.63) is 41.5 Å². The maximum absolute atomic E-state index is 12.3. The maximum atomic E-state index is 12.3. The van der Waals surface area contributed by atoms with Crippen molar-refractivity contribution in [2.45, 2.75) is 19.5 Å². The van der Waals surface area contributed by atoms with E-state index in [-0.39, 0.29) is 0 Å². The molecule has 1 rings (SSSR count). The summed E-state index contributed by atoms with van der Waals surface area (Å²) in [5.41, 5.74) is 0.237. The van der Waals surface area contributed by atoms with E-state index in [0.29, 0.717) is 17.6 Å². The molecule has 2 nitrogen and oxygen atoms in total. The monoisotopic (exact) mass is 244 g/mol. The van der Waals surface area contributed by atoms with Gasteiger partial charge in [-0.2, -0.15) is 13.2 Å². The zero-order chi connectivity index (χ0) is 13.1. The van der Waals surface area contributed by atoms with Gasteiger partial charge in [0.25, 0.3) is 0 Å². The van der Waals surface area contributed by atoms with E-state index in [4.69, 9.17) is 5.11 Å². The Morgan fingerprint density at radius 2 is 1.82 bits per heavy atom. The average Bonchev–Trinajstić information content (AvgIpc) is 2.24. The number of rotatable bonds is 3. The average molecular weight is 244 g/mol. The molecule has 0 saturated carbocycles. The van der Waals surface area contributed by atoms with Crippen molar-refractivity contribution in [1.82, 2.24) is 0 Å². The molecule has 17 heavy (non-hydrogen) atoms. The Morgan fingerprint density at radius 3 is 2.18 bits per heavy atom. The quantitative estimate of drug-likeness (QED) is 0.825. The summed E-state index contributed by atoms with van der Waals surface area (Å²) < 4.78 is 36.9. The predicted molar refractivity (Wildman–Crippen MR) is 57.3 cm³/mol. The third kappa shape index (κ3) is 3.62. The summed E-state index contributed by atoms with van der Waals surface area (Å²) in [6.07, 6.45) is -2.93. The van der Waals surface area contributed by atoms with E-state index in [9.17, 15) is 18.0 Å². The Bertz CT molecular complexity index is 430. The SMILES string of the molecule is CC/C(=C\C(=O)O)c1ccc(C(F)(F)F)cc1. The molecule has 5 heteroatoms. The fourth-order valence-electron chi connectivity index (χ4n) is 1.41. The second-order valence-corrected chi connectivity index (χ2v) is 3.44. The molecule has 0 aliphatic rings. The van der Waals surface area contributed by atoms with E-state index in [0.717, 1.165) is 18.2 Å². The van der Waals surface area contributed by atoms with E-state index >= 15 is 0 Å². The van der Waals surface area contributed by atoms with Gasteiger partial charge in [-0.15, -0.1) is 0 Å². The molecule has 0 spiro atoms. The number of aliphatic carboxylic acids is 1. The maximum Gasteiger partial charge on any atom is 0.416 e. The van der Waals surface area contributed by atoms with E-state index < -0.39 is 17.7 Å². The van der Waals surface area contributed by atoms with Crippen molar-refractivity contribution >= 4 is 11.5 Å². The predicted octanol–water partition coefficient (Wildman–Crippen LogP) is 3.58. The first kappa shape index (κ1) is 13.3. The van der Waals surface area contributed by atoms with Gasteiger partial charge in [-0.25, -0.2) is 4.79 Å². The fourth-order valence-corrected chi connectivity index (χ4v) is 1.41. The van der Waals surface area contributed by atoms with Crippen LogP contribution in [0.15, 0.2) is 30.3 Å². The van der Waals surface area contributed by atoms with Gasteiger partial charge in [0.15, 0.2) is 0 Å². The molecule has 1 aromatic carbocycles. The van der Waals surface area contributed by atoms with Crippen LogP contribution in [-0.4, -0.2) is 11.1 Å². The molecule has 0 bridgehead atoms. The molecule has 0 unspecified atom stereocenters. The molecule has 0 amide bonds. The van der Waals surface area contributed by atoms with Crippen molar-refractivity contribution in [2.75, 3.05) is 0 Å². The standard InChI is InChI=1S/C12H11F3O2/c1-2-8(7-11(16)17)9-3-5-10(6-4-9)12(13,14)15/h3-7H,2H2,1H3,(H,16,17)/b8-7+. The zero-order valence-electron chi connectivity index (χ0n) is 9.08. The van der Waals surface area contributed by atoms with Crippen LogP contribution < -0.4 is 0 Å². The molecule has 0 saturated heterocycles. The molecule has 0 heterocycles. The van der Waals surface area contributed by atoms with E-state index in [1.165, 1.54) is 12.1 Å². The van der Waals surface area contributed by atoms with Crippen LogP contribution in [0, 0.1) is 0 Å². The van der Waals surface area contributed by atoms with E-state index in [1.54, 1.807) is 6.92 Å². The molecule has 0 fully saturated rings. The van der Waals surface area contributed by atoms with Gasteiger partial charge in [-0.05, 0) is 29.7 Å². The fraction of sp³-hybridized carbons (Fsp3) is 0.250. The van der Waals surface area contributed by atoms with E-state index in [1.807, 2.05) is 0 Å². The smallest absolute Gasteiger partial charge is 0.416 e. The van der Waals surface area contributed by atoms with Crippen molar-refractivity contribution in [1.29, 1.82) is 0 Å². The highest BCUT2D eigenvalue weighted by Gasteiger charge is 2.29. The van der Waals surface area contributed by atoms with Crippen molar-refractivity contribution in [2.24, 2.45) is 0 Å². The molecule has 0 aliphatic carbocycles. The summed E-state index contributed by atoms with van der Waals surface area (Å²) in [5.74, 6) is -1.11. The van der Waals surface area contributed by atoms with Crippen LogP contribution >= 0.6 is 0 Å². The Balaban J connectivity index is 3.05. The topological polar surface area (TPSA) is 37.3 Å². The molecule has 0 aliphatic heterocycles. The summed E-state index contributed by atoms with van der Waals surface area (Å²) in [4.78, 5) is 10.5. The number of halogens is 3. The number of allylic oxidation sites excluding steroid dienone is 1. The lowest BCUT2D eigenvalue weighted by molar-refractivity contribution is -0.137. The van der Waals surface area contributed by atoms with Gasteiger partial charge in [0.1, 0.15) is 0 Å². The van der Waals surface area contributed by atoms with Crippen molar-refractivity contribution in [3.63, 3.8) is 0 Å². The number of carboxylic acids is 1. The minimum atomic E-state index is -4.37. The molecule has 1 aromatic rings. The highest BCUT2D eigenvalue weighted by atomic mass is 19.4. The van der Waals surface area contributed by atoms with Gasteiger partial charge in [0, 0.05) is 6.08 Å². The normalized spacial score (nSPS) is 12.6. The lowest BCUT2D eigenvalue weighted by Gasteiger charge is -2.08. The molecule has 1 N–H and O–H groups in total. The zero-order valence-corrected chi connectivity index (χ0v) is 9.08. The number of carboxylic acid groups (broad SMARTS) is 1. The van der Waals surface area contributed by atoms with Crippen molar-refractivity contribution < 1.29 is 23.1 Å². The first-order valence-corrected chi connectivity index (χ1v) is 4.95. The van der Waals surface area contributed by atoms with Crippen LogP contribution in [0.1, 0.15) is 24.5 Å². The molecule has 0 radical (unpaired) electrons. The van der Waals surface area contributed by atoms with Crippen LogP contribution in [0.3, 0.4) is 0 Å². The second kappa shape index (κ2) is 5.03. The minimum Gasteiger partial charge on any atom is -0.478 e. The van der Waals surface area contributed by atoms with Gasteiger partial charge in [0.05, 0.1) is 5.56 Å². The summed E-state index contributed by atoms with van der Waals surface area (Å²) in [7, 11) is 0. The van der Waals surface area contributed by atoms with E-state index in [2.05, 4.69) is 0 Å². The van der Waals surface area contributed by atoms with Gasteiger partial charge in [-0.3, -0.25) is 0 Å². The molecule has 92 valence electrons. The number of carbonyl (C=O) groups is 1. The highest BCUT2D eigenvalue weighted by Crippen LogP contribution is 2.30. The van der Waals surface area contributed by atoms with Crippen LogP contribution in [0.4, 0.5) is 13.2 Å². The summed E-state index contributed by atoms with van der Waals surface area (Å²) in [6.45, 7) is 1.74. The molecule has 0 atom stereocenters. The van der Waals surface area contributed by atoms with Gasteiger partial charge < -0.3 is 5.11 Å². The van der Waals surface area contributed by atoms with Crippen LogP contribution in [0.2, 0.25) is 0 Å². The molecule has 0 aromatic heterocycles. The lowest BCUT2D eigenvalue weighted by Crippen LogP contribution is -2.04. The number of hydrogen-bond acceptors (Lipinski definition) is 1. The molecular formula is C12H11F3O2. The number of benzene rings is 1. The first-order valence-electron chi connectivity index (χ1n) is 4.95. The Labute approximate surface area is 96.4 Å². The Morgan fingerprint density at radius 1 is 1.29 bits per heavy atom. The number of alkyl halides is 3. The van der Waals surface area contributed by atoms with Crippen LogP contribution in [0.25, 0.3) is 5.57 Å². The first-order chi connectivity index (χ1) is 7.84. The van der Waals surface area contributed by atoms with Gasteiger partial charge in [0.2, 0.25) is 0 Å². The van der Waals surface area contributed by atoms with Crippen LogP contribution in [-0.2, 0) is 11.0 Å². The summed E-state index contributed by atoms with van der Waals surface area (Å²) in [5, 5.41) is 8.60. The van der Waals surface area contributed by atoms with Crippen molar-refractivity contribution in [3.8, 4) is 0 Å². The Hall–Kier alpha value is -1.78. The molecular weight excluding hydrogens is 233 g/mol. The third-order valence-corrected chi connectivity index (χ3v) is 2.26. The summed E-state index contributed by atoms with van der Waals surface area (Å²) in [6, 6.07) is 4.45. The number of hydrogen-bond donors (Lipinski definition) is 1. The van der Waals surface area contributed by atoms with Gasteiger partial charge in [-0.1, -0.05) is 19.1 Å². The van der Waals surface area contributed by atoms with Gasteiger partial charge >= 0.3 is 12.1 Å². The third-order valence-electron chi connectivity index (χ3n) is 2.26. The largest absolute Gasteiger partial charge is 0.478 e. The Kier molecular flexibility index (Phi) is 3.93.